The Hall–Kier alpha value is -2.27. The summed E-state index contributed by atoms with van der Waals surface area (Å²) in [5.74, 6) is -1.67. The fourth-order valence-electron chi connectivity index (χ4n) is 1.84. The van der Waals surface area contributed by atoms with E-state index in [0.29, 0.717) is 17.7 Å². The van der Waals surface area contributed by atoms with Crippen molar-refractivity contribution >= 4 is 5.91 Å². The number of hydrogen-bond donors (Lipinski definition) is 2. The maximum Gasteiger partial charge on any atom is 0.248 e. The number of carbonyl (C=O) groups excluding carboxylic acids is 1. The second kappa shape index (κ2) is 6.25. The van der Waals surface area contributed by atoms with Crippen molar-refractivity contribution in [3.8, 4) is 0 Å². The van der Waals surface area contributed by atoms with Crippen LogP contribution in [0.5, 0.6) is 0 Å². The van der Waals surface area contributed by atoms with Gasteiger partial charge in [-0.05, 0) is 23.8 Å². The van der Waals surface area contributed by atoms with Crippen LogP contribution >= 0.6 is 0 Å². The summed E-state index contributed by atoms with van der Waals surface area (Å²) < 4.78 is 26.2. The molecule has 0 bridgehead atoms. The number of amides is 1. The van der Waals surface area contributed by atoms with Crippen molar-refractivity contribution in [2.45, 2.75) is 13.1 Å². The van der Waals surface area contributed by atoms with Crippen molar-refractivity contribution in [3.05, 3.63) is 70.8 Å². The minimum absolute atomic E-state index is 0.271. The summed E-state index contributed by atoms with van der Waals surface area (Å²) in [4.78, 5) is 11.0. The van der Waals surface area contributed by atoms with Gasteiger partial charge in [0.25, 0.3) is 0 Å². The number of primary amides is 1. The number of nitrogens with two attached hydrogens (primary N) is 1. The summed E-state index contributed by atoms with van der Waals surface area (Å²) in [6, 6.07) is 10.3. The van der Waals surface area contributed by atoms with Gasteiger partial charge in [-0.3, -0.25) is 4.79 Å². The minimum atomic E-state index is -0.597. The third-order valence-electron chi connectivity index (χ3n) is 2.87. The molecule has 2 aromatic rings. The molecule has 0 aromatic heterocycles. The summed E-state index contributed by atoms with van der Waals surface area (Å²) in [7, 11) is 0. The monoisotopic (exact) mass is 276 g/mol. The summed E-state index contributed by atoms with van der Waals surface area (Å²) in [5, 5.41) is 3.03. The standard InChI is InChI=1S/C15H14F2N2O/c16-13-5-4-12(14(17)7-13)9-19-8-10-2-1-3-11(6-10)15(18)20/h1-7,19H,8-9H2,(H2,18,20). The highest BCUT2D eigenvalue weighted by Crippen LogP contribution is 2.10. The fourth-order valence-corrected chi connectivity index (χ4v) is 1.84. The van der Waals surface area contributed by atoms with Gasteiger partial charge >= 0.3 is 0 Å². The Morgan fingerprint density at radius 2 is 1.90 bits per heavy atom. The number of hydrogen-bond acceptors (Lipinski definition) is 2. The van der Waals surface area contributed by atoms with Crippen LogP contribution in [0.4, 0.5) is 8.78 Å². The van der Waals surface area contributed by atoms with Gasteiger partial charge < -0.3 is 11.1 Å². The van der Waals surface area contributed by atoms with Crippen molar-refractivity contribution in [2.75, 3.05) is 0 Å². The molecule has 0 atom stereocenters. The minimum Gasteiger partial charge on any atom is -0.366 e. The smallest absolute Gasteiger partial charge is 0.248 e. The highest BCUT2D eigenvalue weighted by molar-refractivity contribution is 5.92. The van der Waals surface area contributed by atoms with Gasteiger partial charge in [-0.2, -0.15) is 0 Å². The molecule has 0 spiro atoms. The molecular formula is C15H14F2N2O. The molecule has 0 aliphatic heterocycles. The SMILES string of the molecule is NC(=O)c1cccc(CNCc2ccc(F)cc2F)c1. The molecule has 0 saturated carbocycles. The van der Waals surface area contributed by atoms with Crippen LogP contribution in [-0.4, -0.2) is 5.91 Å². The molecule has 1 amide bonds. The van der Waals surface area contributed by atoms with E-state index < -0.39 is 17.5 Å². The fraction of sp³-hybridized carbons (Fsp3) is 0.133. The van der Waals surface area contributed by atoms with Gasteiger partial charge in [0.2, 0.25) is 5.91 Å². The van der Waals surface area contributed by atoms with Gasteiger partial charge in [0.1, 0.15) is 11.6 Å². The highest BCUT2D eigenvalue weighted by atomic mass is 19.1. The molecule has 2 aromatic carbocycles. The van der Waals surface area contributed by atoms with E-state index in [1.807, 2.05) is 6.07 Å². The number of halogens is 2. The number of nitrogens with one attached hydrogen (secondary N) is 1. The van der Waals surface area contributed by atoms with Crippen LogP contribution in [-0.2, 0) is 13.1 Å². The van der Waals surface area contributed by atoms with Crippen LogP contribution < -0.4 is 11.1 Å². The molecule has 3 N–H and O–H groups in total. The van der Waals surface area contributed by atoms with Gasteiger partial charge in [-0.1, -0.05) is 18.2 Å². The average molecular weight is 276 g/mol. The summed E-state index contributed by atoms with van der Waals surface area (Å²) >= 11 is 0. The Balaban J connectivity index is 1.96. The van der Waals surface area contributed by atoms with Crippen molar-refractivity contribution in [2.24, 2.45) is 5.73 Å². The number of carbonyl (C=O) groups is 1. The molecule has 0 aliphatic carbocycles. The lowest BCUT2D eigenvalue weighted by molar-refractivity contribution is 0.1000. The van der Waals surface area contributed by atoms with Gasteiger partial charge in [0.15, 0.2) is 0 Å². The molecule has 0 fully saturated rings. The van der Waals surface area contributed by atoms with Gasteiger partial charge in [0, 0.05) is 30.3 Å². The lowest BCUT2D eigenvalue weighted by atomic mass is 10.1. The maximum absolute atomic E-state index is 13.4. The van der Waals surface area contributed by atoms with E-state index in [1.165, 1.54) is 12.1 Å². The molecule has 0 saturated heterocycles. The quantitative estimate of drug-likeness (QED) is 0.880. The zero-order valence-corrected chi connectivity index (χ0v) is 10.7. The summed E-state index contributed by atoms with van der Waals surface area (Å²) in [6.45, 7) is 0.727. The zero-order valence-electron chi connectivity index (χ0n) is 10.7. The van der Waals surface area contributed by atoms with Gasteiger partial charge in [-0.25, -0.2) is 8.78 Å². The molecule has 0 radical (unpaired) electrons. The molecular weight excluding hydrogens is 262 g/mol. The molecule has 20 heavy (non-hydrogen) atoms. The average Bonchev–Trinajstić information content (AvgIpc) is 2.41. The Morgan fingerprint density at radius 3 is 2.60 bits per heavy atom. The third kappa shape index (κ3) is 3.61. The van der Waals surface area contributed by atoms with Crippen molar-refractivity contribution in [1.82, 2.24) is 5.32 Å². The lowest BCUT2D eigenvalue weighted by Crippen LogP contribution is -2.15. The van der Waals surface area contributed by atoms with Gasteiger partial charge in [0.05, 0.1) is 0 Å². The molecule has 0 heterocycles. The molecule has 0 unspecified atom stereocenters. The molecule has 5 heteroatoms. The Labute approximate surface area is 115 Å². The number of benzene rings is 2. The lowest BCUT2D eigenvalue weighted by Gasteiger charge is -2.07. The second-order valence-corrected chi connectivity index (χ2v) is 4.40. The first-order chi connectivity index (χ1) is 9.56. The Morgan fingerprint density at radius 1 is 1.10 bits per heavy atom. The van der Waals surface area contributed by atoms with E-state index in [4.69, 9.17) is 5.73 Å². The first-order valence-electron chi connectivity index (χ1n) is 6.09. The predicted octanol–water partition coefficient (Wildman–Crippen LogP) is 2.35. The highest BCUT2D eigenvalue weighted by Gasteiger charge is 2.04. The van der Waals surface area contributed by atoms with Crippen molar-refractivity contribution in [3.63, 3.8) is 0 Å². The van der Waals surface area contributed by atoms with Crippen molar-refractivity contribution < 1.29 is 13.6 Å². The summed E-state index contributed by atoms with van der Waals surface area (Å²) in [6.07, 6.45) is 0. The summed E-state index contributed by atoms with van der Waals surface area (Å²) in [5.41, 5.74) is 6.87. The van der Waals surface area contributed by atoms with Crippen molar-refractivity contribution in [1.29, 1.82) is 0 Å². The number of rotatable bonds is 5. The second-order valence-electron chi connectivity index (χ2n) is 4.40. The van der Waals surface area contributed by atoms with E-state index in [1.54, 1.807) is 18.2 Å². The normalized spacial score (nSPS) is 10.5. The van der Waals surface area contributed by atoms with E-state index >= 15 is 0 Å². The van der Waals surface area contributed by atoms with Crippen LogP contribution in [0.3, 0.4) is 0 Å². The van der Waals surface area contributed by atoms with Crippen LogP contribution in [0.15, 0.2) is 42.5 Å². The first-order valence-corrected chi connectivity index (χ1v) is 6.09. The molecule has 104 valence electrons. The molecule has 2 rings (SSSR count). The van der Waals surface area contributed by atoms with Crippen LogP contribution in [0.2, 0.25) is 0 Å². The first kappa shape index (κ1) is 14.1. The topological polar surface area (TPSA) is 55.1 Å². The largest absolute Gasteiger partial charge is 0.366 e. The van der Waals surface area contributed by atoms with Gasteiger partial charge in [-0.15, -0.1) is 0 Å². The Bertz CT molecular complexity index is 629. The molecule has 3 nitrogen and oxygen atoms in total. The Kier molecular flexibility index (Phi) is 4.42. The maximum atomic E-state index is 13.4. The van der Waals surface area contributed by atoms with Crippen LogP contribution in [0, 0.1) is 11.6 Å². The zero-order chi connectivity index (χ0) is 14.5. The van der Waals surface area contributed by atoms with Crippen LogP contribution in [0.25, 0.3) is 0 Å². The molecule has 0 aliphatic rings. The van der Waals surface area contributed by atoms with E-state index in [9.17, 15) is 13.6 Å². The van der Waals surface area contributed by atoms with E-state index in [-0.39, 0.29) is 6.54 Å². The van der Waals surface area contributed by atoms with E-state index in [0.717, 1.165) is 11.6 Å². The third-order valence-corrected chi connectivity index (χ3v) is 2.87. The van der Waals surface area contributed by atoms with Crippen LogP contribution in [0.1, 0.15) is 21.5 Å². The predicted molar refractivity (Wildman–Crippen MR) is 71.9 cm³/mol. The van der Waals surface area contributed by atoms with E-state index in [2.05, 4.69) is 5.32 Å².